The van der Waals surface area contributed by atoms with Gasteiger partial charge in [0, 0.05) is 11.9 Å². The van der Waals surface area contributed by atoms with Gasteiger partial charge in [-0.2, -0.15) is 0 Å². The van der Waals surface area contributed by atoms with Crippen LogP contribution < -0.4 is 0 Å². The third-order valence-corrected chi connectivity index (χ3v) is 1.74. The highest BCUT2D eigenvalue weighted by molar-refractivity contribution is 5.76. The lowest BCUT2D eigenvalue weighted by Crippen LogP contribution is -1.76. The van der Waals surface area contributed by atoms with Gasteiger partial charge in [-0.1, -0.05) is 20.3 Å². The molecule has 2 heterocycles. The highest BCUT2D eigenvalue weighted by atomic mass is 14.8. The molecule has 0 aliphatic heterocycles. The second-order valence-electron chi connectivity index (χ2n) is 3.60. The summed E-state index contributed by atoms with van der Waals surface area (Å²) in [4.78, 5) is 7.51. The normalized spacial score (nSPS) is 9.71. The van der Waals surface area contributed by atoms with Crippen molar-refractivity contribution in [1.82, 2.24) is 9.97 Å². The molecule has 2 aromatic rings. The zero-order valence-electron chi connectivity index (χ0n) is 9.39. The van der Waals surface area contributed by atoms with Crippen LogP contribution in [0.25, 0.3) is 11.0 Å². The van der Waals surface area contributed by atoms with E-state index in [1.54, 1.807) is 0 Å². The summed E-state index contributed by atoms with van der Waals surface area (Å²) in [5, 5.41) is 0. The first kappa shape index (κ1) is 10.8. The van der Waals surface area contributed by atoms with Crippen molar-refractivity contribution >= 4 is 11.0 Å². The van der Waals surface area contributed by atoms with Crippen LogP contribution in [0.15, 0.2) is 18.3 Å². The van der Waals surface area contributed by atoms with E-state index in [-0.39, 0.29) is 0 Å². The molecular formula is C12H18N2. The maximum atomic E-state index is 4.27. The van der Waals surface area contributed by atoms with Crippen LogP contribution in [0.3, 0.4) is 0 Å². The van der Waals surface area contributed by atoms with Gasteiger partial charge in [0.25, 0.3) is 0 Å². The van der Waals surface area contributed by atoms with Gasteiger partial charge in [0.2, 0.25) is 0 Å². The molecule has 76 valence electrons. The monoisotopic (exact) mass is 190 g/mol. The average Bonchev–Trinajstić information content (AvgIpc) is 2.45. The molecule has 2 heteroatoms. The van der Waals surface area contributed by atoms with Crippen molar-refractivity contribution in [2.45, 2.75) is 34.1 Å². The zero-order valence-corrected chi connectivity index (χ0v) is 9.39. The smallest absolute Gasteiger partial charge is 0.0881 e. The number of nitrogens with zero attached hydrogens (tertiary/aromatic N) is 1. The average molecular weight is 190 g/mol. The third kappa shape index (κ3) is 2.59. The fourth-order valence-corrected chi connectivity index (χ4v) is 1.25. The van der Waals surface area contributed by atoms with E-state index >= 15 is 0 Å². The summed E-state index contributed by atoms with van der Waals surface area (Å²) < 4.78 is 0. The van der Waals surface area contributed by atoms with E-state index in [0.29, 0.717) is 0 Å². The second-order valence-corrected chi connectivity index (χ2v) is 3.60. The van der Waals surface area contributed by atoms with E-state index in [1.807, 2.05) is 20.0 Å². The van der Waals surface area contributed by atoms with Gasteiger partial charge < -0.3 is 4.98 Å². The van der Waals surface area contributed by atoms with Gasteiger partial charge in [0.05, 0.1) is 11.0 Å². The van der Waals surface area contributed by atoms with Gasteiger partial charge in [-0.3, -0.25) is 4.98 Å². The maximum absolute atomic E-state index is 4.27. The third-order valence-electron chi connectivity index (χ3n) is 1.74. The molecule has 0 atom stereocenters. The van der Waals surface area contributed by atoms with Gasteiger partial charge in [0.15, 0.2) is 0 Å². The summed E-state index contributed by atoms with van der Waals surface area (Å²) in [6.07, 6.45) is 3.13. The number of hydrogen-bond donors (Lipinski definition) is 1. The summed E-state index contributed by atoms with van der Waals surface area (Å²) in [7, 11) is 0. The number of fused-ring (bicyclic) bond motifs is 1. The number of hydrogen-bond acceptors (Lipinski definition) is 1. The van der Waals surface area contributed by atoms with E-state index in [1.165, 1.54) is 12.0 Å². The molecule has 2 aromatic heterocycles. The molecule has 2 nitrogen and oxygen atoms in total. The molecule has 0 bridgehead atoms. The molecule has 0 spiro atoms. The van der Waals surface area contributed by atoms with Gasteiger partial charge in [-0.25, -0.2) is 0 Å². The van der Waals surface area contributed by atoms with Crippen molar-refractivity contribution in [3.8, 4) is 0 Å². The Bertz CT molecular complexity index is 402. The van der Waals surface area contributed by atoms with E-state index < -0.39 is 0 Å². The molecule has 0 saturated heterocycles. The molecule has 0 fully saturated rings. The quantitative estimate of drug-likeness (QED) is 0.675. The van der Waals surface area contributed by atoms with Gasteiger partial charge in [-0.05, 0) is 31.5 Å². The number of aryl methyl sites for hydroxylation is 2. The lowest BCUT2D eigenvalue weighted by atomic mass is 10.3. The van der Waals surface area contributed by atoms with Crippen LogP contribution in [0.2, 0.25) is 0 Å². The van der Waals surface area contributed by atoms with Crippen LogP contribution >= 0.6 is 0 Å². The summed E-state index contributed by atoms with van der Waals surface area (Å²) in [5.41, 5.74) is 4.54. The van der Waals surface area contributed by atoms with Crippen LogP contribution in [0.1, 0.15) is 31.5 Å². The Morgan fingerprint density at radius 3 is 2.50 bits per heavy atom. The van der Waals surface area contributed by atoms with Crippen molar-refractivity contribution < 1.29 is 0 Å². The van der Waals surface area contributed by atoms with Crippen LogP contribution in [-0.4, -0.2) is 9.97 Å². The summed E-state index contributed by atoms with van der Waals surface area (Å²) in [6, 6.07) is 4.16. The predicted molar refractivity (Wildman–Crippen MR) is 61.5 cm³/mol. The number of rotatable bonds is 0. The first-order chi connectivity index (χ1) is 6.67. The minimum atomic E-state index is 1.05. The number of H-pyrrole nitrogens is 1. The summed E-state index contributed by atoms with van der Waals surface area (Å²) in [6.45, 7) is 8.33. The van der Waals surface area contributed by atoms with Gasteiger partial charge in [-0.15, -0.1) is 0 Å². The van der Waals surface area contributed by atoms with Gasteiger partial charge in [0.1, 0.15) is 0 Å². The van der Waals surface area contributed by atoms with Crippen molar-refractivity contribution in [2.75, 3.05) is 0 Å². The molecule has 0 saturated carbocycles. The maximum Gasteiger partial charge on any atom is 0.0881 e. The fourth-order valence-electron chi connectivity index (χ4n) is 1.25. The molecule has 0 amide bonds. The van der Waals surface area contributed by atoms with Gasteiger partial charge >= 0.3 is 0 Å². The standard InChI is InChI=1S/C9H10N2.C3H8/c1-6-3-9-8(10-5-6)4-7(2)11-9;1-3-2/h3-5,11H,1-2H3;3H2,1-2H3. The molecule has 14 heavy (non-hydrogen) atoms. The Kier molecular flexibility index (Phi) is 3.69. The molecule has 1 N–H and O–H groups in total. The Balaban J connectivity index is 0.000000293. The van der Waals surface area contributed by atoms with Crippen LogP contribution in [-0.2, 0) is 0 Å². The van der Waals surface area contributed by atoms with E-state index in [4.69, 9.17) is 0 Å². The van der Waals surface area contributed by atoms with Crippen molar-refractivity contribution in [1.29, 1.82) is 0 Å². The predicted octanol–water partition coefficient (Wildman–Crippen LogP) is 3.60. The number of aromatic nitrogens is 2. The van der Waals surface area contributed by atoms with Crippen molar-refractivity contribution in [3.63, 3.8) is 0 Å². The molecule has 0 aliphatic carbocycles. The van der Waals surface area contributed by atoms with Crippen LogP contribution in [0.5, 0.6) is 0 Å². The largest absolute Gasteiger partial charge is 0.357 e. The molecule has 0 aromatic carbocycles. The van der Waals surface area contributed by atoms with E-state index in [9.17, 15) is 0 Å². The number of nitrogens with one attached hydrogen (secondary N) is 1. The van der Waals surface area contributed by atoms with Crippen LogP contribution in [0.4, 0.5) is 0 Å². The Morgan fingerprint density at radius 1 is 1.21 bits per heavy atom. The minimum Gasteiger partial charge on any atom is -0.357 e. The molecule has 2 rings (SSSR count). The number of pyridine rings is 1. The highest BCUT2D eigenvalue weighted by Crippen LogP contribution is 2.12. The SMILES string of the molecule is CCC.Cc1cnc2cc(C)[nH]c2c1. The van der Waals surface area contributed by atoms with Crippen LogP contribution in [0, 0.1) is 13.8 Å². The van der Waals surface area contributed by atoms with E-state index in [2.05, 4.69) is 35.9 Å². The number of aromatic amines is 1. The fraction of sp³-hybridized carbons (Fsp3) is 0.417. The summed E-state index contributed by atoms with van der Waals surface area (Å²) in [5.74, 6) is 0. The molecule has 0 radical (unpaired) electrons. The van der Waals surface area contributed by atoms with Crippen molar-refractivity contribution in [3.05, 3.63) is 29.6 Å². The van der Waals surface area contributed by atoms with Crippen molar-refractivity contribution in [2.24, 2.45) is 0 Å². The minimum absolute atomic E-state index is 1.05. The first-order valence-corrected chi connectivity index (χ1v) is 5.09. The molecule has 0 unspecified atom stereocenters. The zero-order chi connectivity index (χ0) is 10.6. The second kappa shape index (κ2) is 4.80. The topological polar surface area (TPSA) is 28.7 Å². The first-order valence-electron chi connectivity index (χ1n) is 5.09. The highest BCUT2D eigenvalue weighted by Gasteiger charge is 1.96. The molecular weight excluding hydrogens is 172 g/mol. The Labute approximate surface area is 85.4 Å². The lowest BCUT2D eigenvalue weighted by Gasteiger charge is -1.89. The Morgan fingerprint density at radius 2 is 1.86 bits per heavy atom. The lowest BCUT2D eigenvalue weighted by molar-refractivity contribution is 1.09. The van der Waals surface area contributed by atoms with E-state index in [0.717, 1.165) is 16.7 Å². The molecule has 0 aliphatic rings. The Hall–Kier alpha value is -1.31. The summed E-state index contributed by atoms with van der Waals surface area (Å²) >= 11 is 0.